The molecule has 1 fully saturated rings. The molecule has 1 aliphatic heterocycles. The minimum atomic E-state index is 0.347. The Morgan fingerprint density at radius 3 is 2.44 bits per heavy atom. The molecule has 18 heavy (non-hydrogen) atoms. The lowest BCUT2D eigenvalue weighted by Gasteiger charge is -2.35. The average molecular weight is 256 g/mol. The van der Waals surface area contributed by atoms with Crippen molar-refractivity contribution >= 4 is 0 Å². The maximum atomic E-state index is 5.56. The van der Waals surface area contributed by atoms with Crippen LogP contribution in [0.1, 0.15) is 47.0 Å². The molecule has 0 bridgehead atoms. The first-order valence-electron chi connectivity index (χ1n) is 7.70. The molecule has 0 aromatic carbocycles. The van der Waals surface area contributed by atoms with E-state index >= 15 is 0 Å². The molecule has 1 atom stereocenters. The molecule has 0 aromatic heterocycles. The Labute approximate surface area is 113 Å². The Kier molecular flexibility index (Phi) is 7.87. The fourth-order valence-corrected chi connectivity index (χ4v) is 2.74. The normalized spacial score (nSPS) is 20.5. The van der Waals surface area contributed by atoms with Crippen LogP contribution in [-0.2, 0) is 4.74 Å². The zero-order chi connectivity index (χ0) is 13.4. The molecule has 0 saturated carbocycles. The SMILES string of the molecule is CCCN1CCC(C(C)NCCOC(C)C)CC1. The van der Waals surface area contributed by atoms with E-state index in [2.05, 4.69) is 37.9 Å². The van der Waals surface area contributed by atoms with Crippen LogP contribution >= 0.6 is 0 Å². The molecular weight excluding hydrogens is 224 g/mol. The van der Waals surface area contributed by atoms with E-state index in [0.717, 1.165) is 19.1 Å². The van der Waals surface area contributed by atoms with Gasteiger partial charge in [0.15, 0.2) is 0 Å². The van der Waals surface area contributed by atoms with E-state index in [9.17, 15) is 0 Å². The highest BCUT2D eigenvalue weighted by Crippen LogP contribution is 2.20. The molecule has 0 spiro atoms. The van der Waals surface area contributed by atoms with Crippen LogP contribution in [0.5, 0.6) is 0 Å². The lowest BCUT2D eigenvalue weighted by molar-refractivity contribution is 0.0765. The average Bonchev–Trinajstić information content (AvgIpc) is 2.35. The molecule has 0 radical (unpaired) electrons. The maximum Gasteiger partial charge on any atom is 0.0594 e. The number of hydrogen-bond acceptors (Lipinski definition) is 3. The summed E-state index contributed by atoms with van der Waals surface area (Å²) in [6, 6.07) is 0.629. The Bertz CT molecular complexity index is 201. The Morgan fingerprint density at radius 1 is 1.22 bits per heavy atom. The van der Waals surface area contributed by atoms with Crippen molar-refractivity contribution in [2.24, 2.45) is 5.92 Å². The van der Waals surface area contributed by atoms with Gasteiger partial charge < -0.3 is 15.0 Å². The van der Waals surface area contributed by atoms with E-state index in [1.54, 1.807) is 0 Å². The highest BCUT2D eigenvalue weighted by Gasteiger charge is 2.22. The molecule has 1 heterocycles. The Balaban J connectivity index is 2.10. The maximum absolute atomic E-state index is 5.56. The van der Waals surface area contributed by atoms with Crippen molar-refractivity contribution in [3.63, 3.8) is 0 Å². The van der Waals surface area contributed by atoms with Crippen LogP contribution in [0.4, 0.5) is 0 Å². The molecule has 0 aromatic rings. The van der Waals surface area contributed by atoms with Crippen molar-refractivity contribution in [2.45, 2.75) is 59.1 Å². The van der Waals surface area contributed by atoms with Gasteiger partial charge in [-0.05, 0) is 65.6 Å². The third-order valence-electron chi connectivity index (χ3n) is 3.90. The number of nitrogens with one attached hydrogen (secondary N) is 1. The van der Waals surface area contributed by atoms with E-state index in [-0.39, 0.29) is 0 Å². The smallest absolute Gasteiger partial charge is 0.0594 e. The van der Waals surface area contributed by atoms with Crippen molar-refractivity contribution in [2.75, 3.05) is 32.8 Å². The summed E-state index contributed by atoms with van der Waals surface area (Å²) in [7, 11) is 0. The van der Waals surface area contributed by atoms with E-state index in [0.29, 0.717) is 12.1 Å². The van der Waals surface area contributed by atoms with E-state index in [1.165, 1.54) is 38.9 Å². The van der Waals surface area contributed by atoms with E-state index in [4.69, 9.17) is 4.74 Å². The first kappa shape index (κ1) is 15.9. The summed E-state index contributed by atoms with van der Waals surface area (Å²) >= 11 is 0. The van der Waals surface area contributed by atoms with Crippen molar-refractivity contribution < 1.29 is 4.74 Å². The summed E-state index contributed by atoms with van der Waals surface area (Å²) < 4.78 is 5.56. The van der Waals surface area contributed by atoms with Gasteiger partial charge in [0.25, 0.3) is 0 Å². The van der Waals surface area contributed by atoms with Gasteiger partial charge in [-0.1, -0.05) is 6.92 Å². The van der Waals surface area contributed by atoms with Gasteiger partial charge in [0.2, 0.25) is 0 Å². The van der Waals surface area contributed by atoms with Crippen LogP contribution < -0.4 is 5.32 Å². The predicted octanol–water partition coefficient (Wildman–Crippen LogP) is 2.51. The molecular formula is C15H32N2O. The standard InChI is InChI=1S/C15H32N2O/c1-5-9-17-10-6-15(7-11-17)14(4)16-8-12-18-13(2)3/h13-16H,5-12H2,1-4H3. The first-order valence-corrected chi connectivity index (χ1v) is 7.70. The number of likely N-dealkylation sites (tertiary alicyclic amines) is 1. The molecule has 3 nitrogen and oxygen atoms in total. The number of rotatable bonds is 8. The second-order valence-corrected chi connectivity index (χ2v) is 5.84. The number of piperidine rings is 1. The second-order valence-electron chi connectivity index (χ2n) is 5.84. The molecule has 1 aliphatic rings. The third kappa shape index (κ3) is 6.17. The summed E-state index contributed by atoms with van der Waals surface area (Å²) in [5, 5.41) is 3.61. The quantitative estimate of drug-likeness (QED) is 0.675. The van der Waals surface area contributed by atoms with E-state index < -0.39 is 0 Å². The highest BCUT2D eigenvalue weighted by molar-refractivity contribution is 4.79. The molecule has 1 rings (SSSR count). The van der Waals surface area contributed by atoms with Gasteiger partial charge in [0.05, 0.1) is 12.7 Å². The topological polar surface area (TPSA) is 24.5 Å². The Morgan fingerprint density at radius 2 is 1.89 bits per heavy atom. The summed E-state index contributed by atoms with van der Waals surface area (Å²) in [4.78, 5) is 2.60. The molecule has 3 heteroatoms. The van der Waals surface area contributed by atoms with Gasteiger partial charge >= 0.3 is 0 Å². The zero-order valence-corrected chi connectivity index (χ0v) is 12.7. The minimum Gasteiger partial charge on any atom is -0.377 e. The van der Waals surface area contributed by atoms with Gasteiger partial charge in [0, 0.05) is 12.6 Å². The van der Waals surface area contributed by atoms with Gasteiger partial charge in [0.1, 0.15) is 0 Å². The summed E-state index contributed by atoms with van der Waals surface area (Å²) in [6.07, 6.45) is 4.32. The van der Waals surface area contributed by atoms with Crippen molar-refractivity contribution in [1.29, 1.82) is 0 Å². The summed E-state index contributed by atoms with van der Waals surface area (Å²) in [5.74, 6) is 0.845. The summed E-state index contributed by atoms with van der Waals surface area (Å²) in [5.41, 5.74) is 0. The zero-order valence-electron chi connectivity index (χ0n) is 12.7. The molecule has 0 amide bonds. The molecule has 1 N–H and O–H groups in total. The Hall–Kier alpha value is -0.120. The van der Waals surface area contributed by atoms with Crippen LogP contribution in [-0.4, -0.2) is 49.8 Å². The number of ether oxygens (including phenoxy) is 1. The van der Waals surface area contributed by atoms with Crippen LogP contribution in [0.3, 0.4) is 0 Å². The van der Waals surface area contributed by atoms with Crippen LogP contribution in [0.15, 0.2) is 0 Å². The van der Waals surface area contributed by atoms with Crippen molar-refractivity contribution in [3.8, 4) is 0 Å². The van der Waals surface area contributed by atoms with Crippen LogP contribution in [0.2, 0.25) is 0 Å². The minimum absolute atomic E-state index is 0.347. The van der Waals surface area contributed by atoms with E-state index in [1.807, 2.05) is 0 Å². The highest BCUT2D eigenvalue weighted by atomic mass is 16.5. The monoisotopic (exact) mass is 256 g/mol. The molecule has 1 saturated heterocycles. The van der Waals surface area contributed by atoms with Crippen LogP contribution in [0.25, 0.3) is 0 Å². The van der Waals surface area contributed by atoms with Gasteiger partial charge in [-0.2, -0.15) is 0 Å². The lowest BCUT2D eigenvalue weighted by atomic mass is 9.90. The fourth-order valence-electron chi connectivity index (χ4n) is 2.74. The molecule has 108 valence electrons. The lowest BCUT2D eigenvalue weighted by Crippen LogP contribution is -2.43. The van der Waals surface area contributed by atoms with Gasteiger partial charge in [-0.15, -0.1) is 0 Å². The number of hydrogen-bond donors (Lipinski definition) is 1. The second kappa shape index (κ2) is 8.89. The van der Waals surface area contributed by atoms with Crippen molar-refractivity contribution in [1.82, 2.24) is 10.2 Å². The molecule has 0 aliphatic carbocycles. The number of nitrogens with zero attached hydrogens (tertiary/aromatic N) is 1. The predicted molar refractivity (Wildman–Crippen MR) is 78.0 cm³/mol. The third-order valence-corrected chi connectivity index (χ3v) is 3.90. The molecule has 1 unspecified atom stereocenters. The van der Waals surface area contributed by atoms with Gasteiger partial charge in [-0.25, -0.2) is 0 Å². The largest absolute Gasteiger partial charge is 0.377 e. The van der Waals surface area contributed by atoms with Crippen molar-refractivity contribution in [3.05, 3.63) is 0 Å². The van der Waals surface area contributed by atoms with Gasteiger partial charge in [-0.3, -0.25) is 0 Å². The summed E-state index contributed by atoms with van der Waals surface area (Å²) in [6.45, 7) is 14.4. The van der Waals surface area contributed by atoms with Crippen LogP contribution in [0, 0.1) is 5.92 Å². The fraction of sp³-hybridized carbons (Fsp3) is 1.00. The first-order chi connectivity index (χ1) is 8.63.